The third-order valence-electron chi connectivity index (χ3n) is 3.93. The van der Waals surface area contributed by atoms with Crippen molar-refractivity contribution in [2.75, 3.05) is 6.54 Å². The fourth-order valence-corrected chi connectivity index (χ4v) is 2.68. The van der Waals surface area contributed by atoms with Crippen LogP contribution in [0.2, 0.25) is 0 Å². The van der Waals surface area contributed by atoms with Gasteiger partial charge in [0.25, 0.3) is 0 Å². The second kappa shape index (κ2) is 6.11. The fraction of sp³-hybridized carbons (Fsp3) is 0.267. The molecule has 1 amide bonds. The van der Waals surface area contributed by atoms with Gasteiger partial charge in [0.05, 0.1) is 22.9 Å². The van der Waals surface area contributed by atoms with Gasteiger partial charge in [0.1, 0.15) is 6.54 Å². The van der Waals surface area contributed by atoms with E-state index in [0.29, 0.717) is 19.5 Å². The highest BCUT2D eigenvalue weighted by molar-refractivity contribution is 5.88. The minimum Gasteiger partial charge on any atom is -0.478 e. The lowest BCUT2D eigenvalue weighted by Gasteiger charge is -2.28. The largest absolute Gasteiger partial charge is 0.478 e. The number of hydrogen-bond donors (Lipinski definition) is 1. The molecule has 0 bridgehead atoms. The Morgan fingerprint density at radius 1 is 1.29 bits per heavy atom. The quantitative estimate of drug-likeness (QED) is 0.662. The Balaban J connectivity index is 1.71. The lowest BCUT2D eigenvalue weighted by atomic mass is 9.97. The molecule has 1 aromatic heterocycles. The number of carbonyl (C=O) groups excluding carboxylic acids is 1. The number of rotatable bonds is 4. The second-order valence-corrected chi connectivity index (χ2v) is 5.48. The van der Waals surface area contributed by atoms with Gasteiger partial charge in [0, 0.05) is 13.1 Å². The summed E-state index contributed by atoms with van der Waals surface area (Å²) >= 11 is 0. The predicted octanol–water partition coefficient (Wildman–Crippen LogP) is 1.07. The third kappa shape index (κ3) is 3.09. The molecule has 24 heavy (non-hydrogen) atoms. The van der Waals surface area contributed by atoms with E-state index >= 15 is 0 Å². The maximum absolute atomic E-state index is 12.4. The standard InChI is InChI=1S/C15H14N4O5/c20-14(9-18-6-4-13(16-18)19(23)24)17-5-3-10-1-2-11(15(21)22)7-12(10)8-17/h1-2,4,6-7H,3,5,8-9H2,(H,21,22). The molecule has 0 spiro atoms. The predicted molar refractivity (Wildman–Crippen MR) is 81.4 cm³/mol. The van der Waals surface area contributed by atoms with Crippen LogP contribution in [0.3, 0.4) is 0 Å². The van der Waals surface area contributed by atoms with Gasteiger partial charge in [-0.3, -0.25) is 4.79 Å². The Labute approximate surface area is 136 Å². The van der Waals surface area contributed by atoms with Gasteiger partial charge in [-0.15, -0.1) is 0 Å². The van der Waals surface area contributed by atoms with E-state index in [2.05, 4.69) is 5.10 Å². The van der Waals surface area contributed by atoms with Crippen LogP contribution in [0, 0.1) is 10.1 Å². The van der Waals surface area contributed by atoms with Crippen molar-refractivity contribution in [3.63, 3.8) is 0 Å². The average Bonchev–Trinajstić information content (AvgIpc) is 3.02. The SMILES string of the molecule is O=C(O)c1ccc2c(c1)CN(C(=O)Cn1ccc([N+](=O)[O-])n1)CC2. The molecule has 9 heteroatoms. The summed E-state index contributed by atoms with van der Waals surface area (Å²) in [5.74, 6) is -1.54. The van der Waals surface area contributed by atoms with Crippen LogP contribution in [0.1, 0.15) is 21.5 Å². The summed E-state index contributed by atoms with van der Waals surface area (Å²) in [4.78, 5) is 35.0. The van der Waals surface area contributed by atoms with Crippen LogP contribution >= 0.6 is 0 Å². The smallest absolute Gasteiger partial charge is 0.389 e. The summed E-state index contributed by atoms with van der Waals surface area (Å²) in [5.41, 5.74) is 2.02. The Bertz CT molecular complexity index is 829. The lowest BCUT2D eigenvalue weighted by Crippen LogP contribution is -2.38. The average molecular weight is 330 g/mol. The van der Waals surface area contributed by atoms with Crippen LogP contribution in [-0.2, 0) is 24.3 Å². The highest BCUT2D eigenvalue weighted by atomic mass is 16.6. The molecule has 124 valence electrons. The molecule has 1 aromatic carbocycles. The van der Waals surface area contributed by atoms with Crippen LogP contribution in [0.15, 0.2) is 30.5 Å². The van der Waals surface area contributed by atoms with Crippen molar-refractivity contribution >= 4 is 17.7 Å². The summed E-state index contributed by atoms with van der Waals surface area (Å²) in [5, 5.41) is 23.4. The van der Waals surface area contributed by atoms with Crippen LogP contribution < -0.4 is 0 Å². The van der Waals surface area contributed by atoms with Gasteiger partial charge in [0.15, 0.2) is 0 Å². The molecule has 0 fully saturated rings. The molecule has 3 rings (SSSR count). The van der Waals surface area contributed by atoms with Crippen molar-refractivity contribution in [2.24, 2.45) is 0 Å². The molecule has 2 aromatic rings. The van der Waals surface area contributed by atoms with Gasteiger partial charge in [-0.25, -0.2) is 4.79 Å². The molecule has 0 atom stereocenters. The molecule has 0 saturated heterocycles. The molecule has 0 saturated carbocycles. The van der Waals surface area contributed by atoms with Crippen LogP contribution in [0.4, 0.5) is 5.82 Å². The number of aromatic nitrogens is 2. The van der Waals surface area contributed by atoms with E-state index in [0.717, 1.165) is 11.1 Å². The second-order valence-electron chi connectivity index (χ2n) is 5.48. The number of fused-ring (bicyclic) bond motifs is 1. The van der Waals surface area contributed by atoms with Crippen molar-refractivity contribution in [3.05, 3.63) is 57.3 Å². The summed E-state index contributed by atoms with van der Waals surface area (Å²) < 4.78 is 1.23. The summed E-state index contributed by atoms with van der Waals surface area (Å²) in [6, 6.07) is 6.15. The van der Waals surface area contributed by atoms with Gasteiger partial charge in [-0.2, -0.15) is 4.68 Å². The maximum atomic E-state index is 12.4. The van der Waals surface area contributed by atoms with E-state index in [1.807, 2.05) is 0 Å². The fourth-order valence-electron chi connectivity index (χ4n) is 2.68. The first kappa shape index (κ1) is 15.7. The first-order chi connectivity index (χ1) is 11.4. The van der Waals surface area contributed by atoms with Crippen LogP contribution in [-0.4, -0.2) is 43.1 Å². The number of carboxylic acid groups (broad SMARTS) is 1. The van der Waals surface area contributed by atoms with E-state index in [4.69, 9.17) is 5.11 Å². The van der Waals surface area contributed by atoms with E-state index in [1.54, 1.807) is 23.1 Å². The van der Waals surface area contributed by atoms with Gasteiger partial charge in [0.2, 0.25) is 5.91 Å². The number of amides is 1. The van der Waals surface area contributed by atoms with E-state index < -0.39 is 10.9 Å². The van der Waals surface area contributed by atoms with Crippen molar-refractivity contribution < 1.29 is 19.6 Å². The zero-order valence-corrected chi connectivity index (χ0v) is 12.6. The molecule has 1 aliphatic rings. The Hall–Kier alpha value is -3.23. The third-order valence-corrected chi connectivity index (χ3v) is 3.93. The number of carbonyl (C=O) groups is 2. The minimum atomic E-state index is -1.01. The number of nitrogens with zero attached hydrogens (tertiary/aromatic N) is 4. The van der Waals surface area contributed by atoms with Crippen molar-refractivity contribution in [1.29, 1.82) is 0 Å². The van der Waals surface area contributed by atoms with Gasteiger partial charge in [-0.1, -0.05) is 6.07 Å². The van der Waals surface area contributed by atoms with Gasteiger partial charge >= 0.3 is 11.8 Å². The summed E-state index contributed by atoms with van der Waals surface area (Å²) in [6.07, 6.45) is 2.02. The Morgan fingerprint density at radius 2 is 2.08 bits per heavy atom. The topological polar surface area (TPSA) is 119 Å². The molecule has 1 aliphatic heterocycles. The molecule has 0 radical (unpaired) electrons. The van der Waals surface area contributed by atoms with E-state index in [1.165, 1.54) is 16.9 Å². The Morgan fingerprint density at radius 3 is 2.75 bits per heavy atom. The summed E-state index contributed by atoms with van der Waals surface area (Å²) in [6.45, 7) is 0.738. The zero-order valence-electron chi connectivity index (χ0n) is 12.6. The monoisotopic (exact) mass is 330 g/mol. The van der Waals surface area contributed by atoms with Gasteiger partial charge in [-0.05, 0) is 34.6 Å². The number of aromatic carboxylic acids is 1. The molecule has 2 heterocycles. The molecular weight excluding hydrogens is 316 g/mol. The number of hydrogen-bond acceptors (Lipinski definition) is 5. The summed E-state index contributed by atoms with van der Waals surface area (Å²) in [7, 11) is 0. The number of nitro groups is 1. The lowest BCUT2D eigenvalue weighted by molar-refractivity contribution is -0.389. The van der Waals surface area contributed by atoms with E-state index in [9.17, 15) is 19.7 Å². The Kier molecular flexibility index (Phi) is 3.98. The molecular formula is C15H14N4O5. The molecule has 1 N–H and O–H groups in total. The van der Waals surface area contributed by atoms with Gasteiger partial charge < -0.3 is 20.1 Å². The van der Waals surface area contributed by atoms with E-state index in [-0.39, 0.29) is 23.8 Å². The van der Waals surface area contributed by atoms with Crippen molar-refractivity contribution in [3.8, 4) is 0 Å². The number of benzene rings is 1. The number of carboxylic acids is 1. The van der Waals surface area contributed by atoms with Crippen molar-refractivity contribution in [2.45, 2.75) is 19.5 Å². The highest BCUT2D eigenvalue weighted by Gasteiger charge is 2.23. The van der Waals surface area contributed by atoms with Crippen LogP contribution in [0.25, 0.3) is 0 Å². The molecule has 0 aliphatic carbocycles. The zero-order chi connectivity index (χ0) is 17.3. The first-order valence-electron chi connectivity index (χ1n) is 7.25. The first-order valence-corrected chi connectivity index (χ1v) is 7.25. The highest BCUT2D eigenvalue weighted by Crippen LogP contribution is 2.21. The normalized spacial score (nSPS) is 13.4. The maximum Gasteiger partial charge on any atom is 0.389 e. The molecule has 9 nitrogen and oxygen atoms in total. The van der Waals surface area contributed by atoms with Crippen LogP contribution in [0.5, 0.6) is 0 Å². The molecule has 0 unspecified atom stereocenters. The minimum absolute atomic E-state index is 0.0954. The van der Waals surface area contributed by atoms with Crippen molar-refractivity contribution in [1.82, 2.24) is 14.7 Å².